The first-order chi connectivity index (χ1) is 8.66. The predicted octanol–water partition coefficient (Wildman–Crippen LogP) is 2.40. The normalized spacial score (nSPS) is 17.2. The first-order valence-corrected chi connectivity index (χ1v) is 6.71. The molecule has 0 unspecified atom stereocenters. The highest BCUT2D eigenvalue weighted by molar-refractivity contribution is 7.10. The smallest absolute Gasteiger partial charge is 0.192 e. The summed E-state index contributed by atoms with van der Waals surface area (Å²) in [5.74, 6) is 0.108. The summed E-state index contributed by atoms with van der Waals surface area (Å²) in [6, 6.07) is 0. The van der Waals surface area contributed by atoms with Crippen LogP contribution in [-0.2, 0) is 13.5 Å². The Morgan fingerprint density at radius 2 is 2.28 bits per heavy atom. The first kappa shape index (κ1) is 11.3. The van der Waals surface area contributed by atoms with Crippen molar-refractivity contribution in [3.05, 3.63) is 39.1 Å². The van der Waals surface area contributed by atoms with Gasteiger partial charge in [-0.2, -0.15) is 5.10 Å². The summed E-state index contributed by atoms with van der Waals surface area (Å²) in [6.07, 6.45) is 5.30. The average Bonchev–Trinajstić information content (AvgIpc) is 2.91. The molecule has 0 amide bonds. The molecule has 0 fully saturated rings. The van der Waals surface area contributed by atoms with Crippen LogP contribution < -0.4 is 0 Å². The number of aromatic nitrogens is 3. The number of carbonyl (C=O) groups excluding carboxylic acids is 1. The van der Waals surface area contributed by atoms with Crippen molar-refractivity contribution in [3.63, 3.8) is 0 Å². The molecule has 0 aromatic carbocycles. The van der Waals surface area contributed by atoms with Crippen LogP contribution in [0.25, 0.3) is 6.08 Å². The molecule has 0 N–H and O–H groups in total. The van der Waals surface area contributed by atoms with Crippen molar-refractivity contribution < 1.29 is 4.79 Å². The number of fused-ring (bicyclic) bond motifs is 1. The third kappa shape index (κ3) is 1.71. The minimum absolute atomic E-state index is 0.108. The van der Waals surface area contributed by atoms with Gasteiger partial charge in [-0.3, -0.25) is 9.48 Å². The zero-order valence-electron chi connectivity index (χ0n) is 10.3. The maximum Gasteiger partial charge on any atom is 0.192 e. The Bertz CT molecular complexity index is 651. The van der Waals surface area contributed by atoms with E-state index in [0.717, 1.165) is 40.2 Å². The van der Waals surface area contributed by atoms with Crippen LogP contribution in [0.1, 0.15) is 33.0 Å². The van der Waals surface area contributed by atoms with Gasteiger partial charge < -0.3 is 0 Å². The van der Waals surface area contributed by atoms with E-state index < -0.39 is 0 Å². The number of hydrogen-bond acceptors (Lipinski definition) is 4. The lowest BCUT2D eigenvalue weighted by Crippen LogP contribution is -2.14. The van der Waals surface area contributed by atoms with Gasteiger partial charge in [0.1, 0.15) is 0 Å². The summed E-state index contributed by atoms with van der Waals surface area (Å²) in [6.45, 7) is 1.96. The molecule has 3 rings (SSSR count). The van der Waals surface area contributed by atoms with Gasteiger partial charge in [0.2, 0.25) is 0 Å². The summed E-state index contributed by atoms with van der Waals surface area (Å²) in [5, 5.41) is 4.16. The molecule has 1 aliphatic rings. The third-order valence-corrected chi connectivity index (χ3v) is 4.19. The minimum atomic E-state index is 0.108. The number of carbonyl (C=O) groups is 1. The Labute approximate surface area is 109 Å². The van der Waals surface area contributed by atoms with Gasteiger partial charge in [-0.05, 0) is 25.8 Å². The minimum Gasteiger partial charge on any atom is -0.289 e. The van der Waals surface area contributed by atoms with Crippen LogP contribution in [0, 0.1) is 6.92 Å². The molecule has 92 valence electrons. The maximum atomic E-state index is 12.3. The molecule has 1 aliphatic carbocycles. The van der Waals surface area contributed by atoms with Crippen LogP contribution in [-0.4, -0.2) is 20.5 Å². The highest BCUT2D eigenvalue weighted by atomic mass is 32.1. The van der Waals surface area contributed by atoms with E-state index in [1.165, 1.54) is 0 Å². The Hall–Kier alpha value is -1.75. The molecular formula is C13H13N3OS. The standard InChI is InChI=1S/C13H13N3OS/c1-8-12(18-7-14-8)5-9-3-4-11-10(13(9)17)6-15-16(11)2/h5-7H,3-4H2,1-2H3/b9-5-. The number of allylic oxidation sites excluding steroid dienone is 1. The molecule has 0 radical (unpaired) electrons. The van der Waals surface area contributed by atoms with Gasteiger partial charge >= 0.3 is 0 Å². The topological polar surface area (TPSA) is 47.8 Å². The molecule has 2 aromatic heterocycles. The predicted molar refractivity (Wildman–Crippen MR) is 70.7 cm³/mol. The van der Waals surface area contributed by atoms with Crippen molar-refractivity contribution in [2.24, 2.45) is 7.05 Å². The Morgan fingerprint density at radius 1 is 1.44 bits per heavy atom. The number of rotatable bonds is 1. The van der Waals surface area contributed by atoms with Gasteiger partial charge in [-0.1, -0.05) is 0 Å². The van der Waals surface area contributed by atoms with E-state index in [-0.39, 0.29) is 5.78 Å². The van der Waals surface area contributed by atoms with Gasteiger partial charge in [-0.25, -0.2) is 4.98 Å². The third-order valence-electron chi connectivity index (χ3n) is 3.32. The second-order valence-electron chi connectivity index (χ2n) is 4.43. The first-order valence-electron chi connectivity index (χ1n) is 5.83. The largest absolute Gasteiger partial charge is 0.289 e. The van der Waals surface area contributed by atoms with Crippen LogP contribution in [0.3, 0.4) is 0 Å². The van der Waals surface area contributed by atoms with Crippen molar-refractivity contribution >= 4 is 23.2 Å². The molecule has 0 saturated carbocycles. The van der Waals surface area contributed by atoms with E-state index in [1.54, 1.807) is 22.2 Å². The van der Waals surface area contributed by atoms with E-state index >= 15 is 0 Å². The second kappa shape index (κ2) is 4.17. The van der Waals surface area contributed by atoms with Gasteiger partial charge in [0.25, 0.3) is 0 Å². The Morgan fingerprint density at radius 3 is 3.00 bits per heavy atom. The summed E-state index contributed by atoms with van der Waals surface area (Å²) >= 11 is 1.57. The van der Waals surface area contributed by atoms with Crippen molar-refractivity contribution in [1.29, 1.82) is 0 Å². The van der Waals surface area contributed by atoms with E-state index in [1.807, 2.05) is 25.6 Å². The van der Waals surface area contributed by atoms with E-state index in [2.05, 4.69) is 10.1 Å². The summed E-state index contributed by atoms with van der Waals surface area (Å²) in [4.78, 5) is 17.6. The summed E-state index contributed by atoms with van der Waals surface area (Å²) < 4.78 is 1.79. The highest BCUT2D eigenvalue weighted by Gasteiger charge is 2.25. The van der Waals surface area contributed by atoms with E-state index in [9.17, 15) is 4.79 Å². The van der Waals surface area contributed by atoms with Gasteiger partial charge in [0.05, 0.1) is 27.8 Å². The second-order valence-corrected chi connectivity index (χ2v) is 5.32. The fourth-order valence-corrected chi connectivity index (χ4v) is 2.99. The number of Topliss-reactive ketones (excluding diaryl/α,β-unsaturated/α-hetero) is 1. The van der Waals surface area contributed by atoms with Crippen LogP contribution in [0.15, 0.2) is 17.3 Å². The van der Waals surface area contributed by atoms with Gasteiger partial charge in [-0.15, -0.1) is 11.3 Å². The molecule has 2 heterocycles. The molecule has 0 spiro atoms. The maximum absolute atomic E-state index is 12.3. The van der Waals surface area contributed by atoms with Crippen LogP contribution in [0.4, 0.5) is 0 Å². The van der Waals surface area contributed by atoms with Crippen molar-refractivity contribution in [2.75, 3.05) is 0 Å². The molecule has 0 saturated heterocycles. The zero-order chi connectivity index (χ0) is 12.7. The number of nitrogens with zero attached hydrogens (tertiary/aromatic N) is 3. The molecule has 0 bridgehead atoms. The number of hydrogen-bond donors (Lipinski definition) is 0. The number of ketones is 1. The fraction of sp³-hybridized carbons (Fsp3) is 0.308. The lowest BCUT2D eigenvalue weighted by atomic mass is 9.91. The van der Waals surface area contributed by atoms with E-state index in [0.29, 0.717) is 0 Å². The summed E-state index contributed by atoms with van der Waals surface area (Å²) in [7, 11) is 1.88. The monoisotopic (exact) mass is 259 g/mol. The molecule has 4 nitrogen and oxygen atoms in total. The zero-order valence-corrected chi connectivity index (χ0v) is 11.1. The van der Waals surface area contributed by atoms with E-state index in [4.69, 9.17) is 0 Å². The summed E-state index contributed by atoms with van der Waals surface area (Å²) in [5.41, 5.74) is 5.44. The molecule has 2 aromatic rings. The van der Waals surface area contributed by atoms with Gasteiger partial charge in [0, 0.05) is 18.3 Å². The lowest BCUT2D eigenvalue weighted by Gasteiger charge is -2.14. The SMILES string of the molecule is Cc1ncsc1/C=C1/CCc2c(cnn2C)C1=O. The van der Waals surface area contributed by atoms with Crippen LogP contribution in [0.2, 0.25) is 0 Å². The van der Waals surface area contributed by atoms with Crippen molar-refractivity contribution in [3.8, 4) is 0 Å². The molecular weight excluding hydrogens is 246 g/mol. The van der Waals surface area contributed by atoms with Crippen LogP contribution >= 0.6 is 11.3 Å². The van der Waals surface area contributed by atoms with Gasteiger partial charge in [0.15, 0.2) is 5.78 Å². The Balaban J connectivity index is 2.01. The lowest BCUT2D eigenvalue weighted by molar-refractivity contribution is 0.102. The average molecular weight is 259 g/mol. The molecule has 5 heteroatoms. The quantitative estimate of drug-likeness (QED) is 0.739. The number of thiazole rings is 1. The molecule has 18 heavy (non-hydrogen) atoms. The van der Waals surface area contributed by atoms with Crippen molar-refractivity contribution in [2.45, 2.75) is 19.8 Å². The fourth-order valence-electron chi connectivity index (χ4n) is 2.23. The highest BCUT2D eigenvalue weighted by Crippen LogP contribution is 2.27. The Kier molecular flexibility index (Phi) is 2.63. The van der Waals surface area contributed by atoms with Crippen molar-refractivity contribution in [1.82, 2.24) is 14.8 Å². The molecule has 0 atom stereocenters. The van der Waals surface area contributed by atoms with Crippen LogP contribution in [0.5, 0.6) is 0 Å². The number of aryl methyl sites for hydroxylation is 2. The molecule has 0 aliphatic heterocycles.